The quantitative estimate of drug-likeness (QED) is 0.419. The first-order chi connectivity index (χ1) is 16.5. The van der Waals surface area contributed by atoms with Gasteiger partial charge in [0, 0.05) is 29.2 Å². The minimum atomic E-state index is -0.213. The number of nitrogens with zero attached hydrogens (tertiary/aromatic N) is 7. The fourth-order valence-corrected chi connectivity index (χ4v) is 4.30. The van der Waals surface area contributed by atoms with Gasteiger partial charge in [-0.2, -0.15) is 14.9 Å². The number of aromatic nitrogens is 7. The van der Waals surface area contributed by atoms with E-state index in [1.807, 2.05) is 41.9 Å². The molecule has 0 aliphatic heterocycles. The number of nitrogens with one attached hydrogen (secondary N) is 1. The van der Waals surface area contributed by atoms with E-state index in [1.54, 1.807) is 23.3 Å². The van der Waals surface area contributed by atoms with Crippen molar-refractivity contribution in [3.05, 3.63) is 65.9 Å². The molecule has 5 heterocycles. The van der Waals surface area contributed by atoms with Crippen LogP contribution in [0.4, 0.5) is 5.69 Å². The van der Waals surface area contributed by atoms with Gasteiger partial charge < -0.3 is 5.32 Å². The zero-order chi connectivity index (χ0) is 23.4. The number of amides is 1. The van der Waals surface area contributed by atoms with Crippen molar-refractivity contribution in [2.24, 2.45) is 0 Å². The number of anilines is 1. The summed E-state index contributed by atoms with van der Waals surface area (Å²) in [6.45, 7) is 6.01. The fraction of sp³-hybridized carbons (Fsp3) is 0.280. The molecule has 0 spiro atoms. The Labute approximate surface area is 195 Å². The summed E-state index contributed by atoms with van der Waals surface area (Å²) < 4.78 is 3.59. The zero-order valence-corrected chi connectivity index (χ0v) is 19.2. The van der Waals surface area contributed by atoms with Gasteiger partial charge in [0.2, 0.25) is 0 Å². The molecular weight excluding hydrogens is 428 g/mol. The van der Waals surface area contributed by atoms with Crippen molar-refractivity contribution >= 4 is 33.7 Å². The monoisotopic (exact) mass is 452 g/mol. The van der Waals surface area contributed by atoms with Gasteiger partial charge >= 0.3 is 0 Å². The summed E-state index contributed by atoms with van der Waals surface area (Å²) in [7, 11) is 0. The van der Waals surface area contributed by atoms with E-state index in [0.29, 0.717) is 28.6 Å². The average Bonchev–Trinajstić information content (AvgIpc) is 3.52. The lowest BCUT2D eigenvalue weighted by Crippen LogP contribution is -2.14. The van der Waals surface area contributed by atoms with Crippen LogP contribution in [-0.2, 0) is 0 Å². The third-order valence-corrected chi connectivity index (χ3v) is 6.12. The molecule has 0 bridgehead atoms. The van der Waals surface area contributed by atoms with Crippen molar-refractivity contribution in [1.29, 1.82) is 0 Å². The molecule has 0 unspecified atom stereocenters. The van der Waals surface area contributed by atoms with E-state index >= 15 is 0 Å². The van der Waals surface area contributed by atoms with Crippen LogP contribution in [0.15, 0.2) is 48.9 Å². The summed E-state index contributed by atoms with van der Waals surface area (Å²) in [5.41, 5.74) is 4.27. The van der Waals surface area contributed by atoms with E-state index in [0.717, 1.165) is 40.6 Å². The summed E-state index contributed by atoms with van der Waals surface area (Å²) in [6.07, 6.45) is 7.33. The topological polar surface area (TPSA) is 103 Å². The summed E-state index contributed by atoms with van der Waals surface area (Å²) in [4.78, 5) is 27.4. The van der Waals surface area contributed by atoms with E-state index in [9.17, 15) is 4.79 Å². The highest BCUT2D eigenvalue weighted by Crippen LogP contribution is 2.40. The molecule has 1 saturated carbocycles. The molecule has 1 fully saturated rings. The first-order valence-electron chi connectivity index (χ1n) is 11.5. The molecule has 6 rings (SSSR count). The predicted molar refractivity (Wildman–Crippen MR) is 129 cm³/mol. The van der Waals surface area contributed by atoms with Gasteiger partial charge in [0.25, 0.3) is 5.91 Å². The second-order valence-electron chi connectivity index (χ2n) is 9.03. The minimum Gasteiger partial charge on any atom is -0.321 e. The largest absolute Gasteiger partial charge is 0.321 e. The van der Waals surface area contributed by atoms with Gasteiger partial charge in [0.15, 0.2) is 17.1 Å². The lowest BCUT2D eigenvalue weighted by Gasteiger charge is -2.10. The Bertz CT molecular complexity index is 1550. The molecule has 0 saturated heterocycles. The van der Waals surface area contributed by atoms with Crippen LogP contribution in [0.2, 0.25) is 0 Å². The summed E-state index contributed by atoms with van der Waals surface area (Å²) in [5.74, 6) is 0.836. The Kier molecular flexibility index (Phi) is 4.65. The molecule has 0 radical (unpaired) electrons. The SMILES string of the molecule is Cc1nn(-c2ccccn2)c2nc(C3CC3)cc(C(=O)Nc3cnc4c(cnn4C(C)C)c3)c12. The lowest BCUT2D eigenvalue weighted by molar-refractivity contribution is 0.102. The van der Waals surface area contributed by atoms with Gasteiger partial charge in [-0.15, -0.1) is 0 Å². The van der Waals surface area contributed by atoms with Crippen LogP contribution in [0.25, 0.3) is 27.9 Å². The number of hydrogen-bond acceptors (Lipinski definition) is 6. The smallest absolute Gasteiger partial charge is 0.256 e. The Morgan fingerprint density at radius 1 is 1.12 bits per heavy atom. The van der Waals surface area contributed by atoms with Crippen LogP contribution in [0, 0.1) is 6.92 Å². The molecule has 0 atom stereocenters. The Balaban J connectivity index is 1.43. The van der Waals surface area contributed by atoms with E-state index in [1.165, 1.54) is 0 Å². The molecule has 9 nitrogen and oxygen atoms in total. The molecule has 5 aromatic heterocycles. The maximum absolute atomic E-state index is 13.5. The number of carbonyl (C=O) groups excluding carboxylic acids is 1. The van der Waals surface area contributed by atoms with Crippen molar-refractivity contribution in [2.45, 2.75) is 45.6 Å². The van der Waals surface area contributed by atoms with Crippen molar-refractivity contribution in [3.63, 3.8) is 0 Å². The number of pyridine rings is 3. The van der Waals surface area contributed by atoms with Crippen LogP contribution in [0.5, 0.6) is 0 Å². The minimum absolute atomic E-state index is 0.204. The number of aryl methyl sites for hydroxylation is 1. The van der Waals surface area contributed by atoms with Crippen LogP contribution in [0.3, 0.4) is 0 Å². The van der Waals surface area contributed by atoms with E-state index < -0.39 is 0 Å². The third kappa shape index (κ3) is 3.40. The van der Waals surface area contributed by atoms with Gasteiger partial charge in [-0.3, -0.25) is 4.79 Å². The molecule has 170 valence electrons. The highest BCUT2D eigenvalue weighted by molar-refractivity contribution is 6.13. The lowest BCUT2D eigenvalue weighted by atomic mass is 10.1. The first kappa shape index (κ1) is 20.5. The molecule has 0 aromatic carbocycles. The normalized spacial score (nSPS) is 13.8. The summed E-state index contributed by atoms with van der Waals surface area (Å²) in [5, 5.41) is 13.7. The molecule has 1 aliphatic rings. The van der Waals surface area contributed by atoms with Crippen molar-refractivity contribution in [2.75, 3.05) is 5.32 Å². The van der Waals surface area contributed by atoms with Crippen LogP contribution in [0.1, 0.15) is 60.4 Å². The fourth-order valence-electron chi connectivity index (χ4n) is 4.30. The highest BCUT2D eigenvalue weighted by Gasteiger charge is 2.29. The van der Waals surface area contributed by atoms with Gasteiger partial charge in [-0.1, -0.05) is 6.07 Å². The Hall–Kier alpha value is -4.14. The molecular formula is C25H24N8O. The second kappa shape index (κ2) is 7.72. The standard InChI is InChI=1S/C25H24N8O/c1-14(2)32-23-17(12-28-32)10-18(13-27-23)29-25(34)19-11-20(16-7-8-16)30-24-22(19)15(3)31-33(24)21-6-4-5-9-26-21/h4-6,9-14,16H,7-8H2,1-3H3,(H,29,34). The molecule has 34 heavy (non-hydrogen) atoms. The van der Waals surface area contributed by atoms with E-state index in [-0.39, 0.29) is 11.9 Å². The maximum Gasteiger partial charge on any atom is 0.256 e. The molecule has 1 amide bonds. The number of rotatable bonds is 5. The van der Waals surface area contributed by atoms with Crippen molar-refractivity contribution < 1.29 is 4.79 Å². The molecule has 1 aliphatic carbocycles. The van der Waals surface area contributed by atoms with Crippen LogP contribution in [-0.4, -0.2) is 40.4 Å². The van der Waals surface area contributed by atoms with Crippen LogP contribution >= 0.6 is 0 Å². The Morgan fingerprint density at radius 2 is 1.97 bits per heavy atom. The van der Waals surface area contributed by atoms with Crippen LogP contribution < -0.4 is 5.32 Å². The maximum atomic E-state index is 13.5. The first-order valence-corrected chi connectivity index (χ1v) is 11.5. The van der Waals surface area contributed by atoms with Gasteiger partial charge in [0.1, 0.15) is 0 Å². The van der Waals surface area contributed by atoms with Gasteiger partial charge in [-0.25, -0.2) is 19.6 Å². The third-order valence-electron chi connectivity index (χ3n) is 6.12. The number of carbonyl (C=O) groups is 1. The van der Waals surface area contributed by atoms with Gasteiger partial charge in [0.05, 0.1) is 34.7 Å². The number of hydrogen-bond donors (Lipinski definition) is 1. The van der Waals surface area contributed by atoms with Crippen molar-refractivity contribution in [1.82, 2.24) is 34.5 Å². The van der Waals surface area contributed by atoms with E-state index in [4.69, 9.17) is 4.98 Å². The van der Waals surface area contributed by atoms with Gasteiger partial charge in [-0.05, 0) is 57.9 Å². The molecule has 5 aromatic rings. The zero-order valence-electron chi connectivity index (χ0n) is 19.2. The number of fused-ring (bicyclic) bond motifs is 2. The van der Waals surface area contributed by atoms with Crippen molar-refractivity contribution in [3.8, 4) is 5.82 Å². The predicted octanol–water partition coefficient (Wildman–Crippen LogP) is 4.58. The molecule has 9 heteroatoms. The highest BCUT2D eigenvalue weighted by atomic mass is 16.1. The van der Waals surface area contributed by atoms with E-state index in [2.05, 4.69) is 39.3 Å². The Morgan fingerprint density at radius 3 is 2.71 bits per heavy atom. The average molecular weight is 453 g/mol. The summed E-state index contributed by atoms with van der Waals surface area (Å²) in [6, 6.07) is 9.67. The molecule has 1 N–H and O–H groups in total. The second-order valence-corrected chi connectivity index (χ2v) is 9.03. The summed E-state index contributed by atoms with van der Waals surface area (Å²) >= 11 is 0.